The molecule has 0 radical (unpaired) electrons. The predicted molar refractivity (Wildman–Crippen MR) is 141 cm³/mol. The zero-order valence-electron chi connectivity index (χ0n) is 20.3. The topological polar surface area (TPSA) is 129 Å². The zero-order chi connectivity index (χ0) is 25.4. The van der Waals surface area contributed by atoms with Gasteiger partial charge in [-0.25, -0.2) is 29.1 Å². The largest absolute Gasteiger partial charge is 0.457 e. The molecule has 0 unspecified atom stereocenters. The molecule has 1 N–H and O–H groups in total. The van der Waals surface area contributed by atoms with Crippen molar-refractivity contribution in [3.63, 3.8) is 0 Å². The smallest absolute Gasteiger partial charge is 0.258 e. The lowest BCUT2D eigenvalue weighted by Gasteiger charge is -2.15. The van der Waals surface area contributed by atoms with Crippen LogP contribution in [0.2, 0.25) is 0 Å². The van der Waals surface area contributed by atoms with Gasteiger partial charge in [0.25, 0.3) is 5.95 Å². The number of aromatic nitrogens is 6. The molecular weight excluding hydrogens is 492 g/mol. The van der Waals surface area contributed by atoms with Gasteiger partial charge in [0.2, 0.25) is 0 Å². The van der Waals surface area contributed by atoms with E-state index in [1.807, 2.05) is 54.9 Å². The second-order valence-corrected chi connectivity index (χ2v) is 11.3. The number of imidazole rings is 1. The van der Waals surface area contributed by atoms with E-state index < -0.39 is 9.73 Å². The summed E-state index contributed by atoms with van der Waals surface area (Å²) >= 11 is 0. The zero-order valence-corrected chi connectivity index (χ0v) is 21.1. The monoisotopic (exact) mass is 516 g/mol. The summed E-state index contributed by atoms with van der Waals surface area (Å²) in [5, 5.41) is 3.30. The fraction of sp³-hybridized carbons (Fsp3) is 0.240. The van der Waals surface area contributed by atoms with E-state index in [2.05, 4.69) is 34.6 Å². The van der Waals surface area contributed by atoms with Crippen LogP contribution in [0.4, 0.5) is 17.5 Å². The summed E-state index contributed by atoms with van der Waals surface area (Å²) in [5.41, 5.74) is 4.71. The first-order valence-corrected chi connectivity index (χ1v) is 13.6. The van der Waals surface area contributed by atoms with Crippen molar-refractivity contribution in [2.45, 2.75) is 6.92 Å². The normalized spacial score (nSPS) is 15.1. The number of hydrogen-bond acceptors (Lipinski definition) is 10. The van der Waals surface area contributed by atoms with Crippen LogP contribution in [0.25, 0.3) is 22.1 Å². The molecule has 0 spiro atoms. The second-order valence-electron chi connectivity index (χ2n) is 8.72. The lowest BCUT2D eigenvalue weighted by molar-refractivity contribution is 0.158. The summed E-state index contributed by atoms with van der Waals surface area (Å²) in [5.74, 6) is 2.84. The van der Waals surface area contributed by atoms with E-state index in [1.165, 1.54) is 6.33 Å². The van der Waals surface area contributed by atoms with Gasteiger partial charge in [0, 0.05) is 18.8 Å². The van der Waals surface area contributed by atoms with E-state index in [0.29, 0.717) is 47.3 Å². The highest BCUT2D eigenvalue weighted by atomic mass is 32.2. The third kappa shape index (κ3) is 4.80. The summed E-state index contributed by atoms with van der Waals surface area (Å²) in [7, 11) is -0.476. The summed E-state index contributed by atoms with van der Waals surface area (Å²) in [6.45, 7) is 2.81. The second kappa shape index (κ2) is 9.37. The van der Waals surface area contributed by atoms with Crippen LogP contribution in [0.5, 0.6) is 11.5 Å². The molecule has 3 aromatic heterocycles. The average Bonchev–Trinajstić information content (AvgIpc) is 3.26. The van der Waals surface area contributed by atoms with Crippen molar-refractivity contribution in [3.8, 4) is 11.5 Å². The molecule has 2 aromatic carbocycles. The maximum atomic E-state index is 13.0. The Kier molecular flexibility index (Phi) is 5.89. The Morgan fingerprint density at radius 1 is 1.05 bits per heavy atom. The van der Waals surface area contributed by atoms with Crippen LogP contribution >= 0.6 is 0 Å². The minimum absolute atomic E-state index is 0.155. The van der Waals surface area contributed by atoms with Crippen LogP contribution in [0, 0.1) is 6.92 Å². The van der Waals surface area contributed by atoms with Gasteiger partial charge in [0.15, 0.2) is 5.82 Å². The van der Waals surface area contributed by atoms with Crippen molar-refractivity contribution in [3.05, 3.63) is 60.8 Å². The molecule has 1 aliphatic rings. The molecule has 0 saturated carbocycles. The Balaban J connectivity index is 1.26. The number of fused-ring (bicyclic) bond motifs is 2. The standard InChI is InChI=1S/C25H24N8O3S/c1-16-11-17(3-6-22(16)36-18-4-5-21-19(12-18)29-15-33(21)2)30-24-23-20(27-14-28-24)13-26-25(31-23)32-37(34)9-7-35-8-10-37/h3-6,11-15H,7-10H2,1-2H3,(H,27,28,30). The molecule has 6 rings (SSSR count). The van der Waals surface area contributed by atoms with Gasteiger partial charge in [-0.15, -0.1) is 0 Å². The maximum absolute atomic E-state index is 13.0. The van der Waals surface area contributed by atoms with E-state index in [0.717, 1.165) is 28.0 Å². The molecule has 0 aliphatic carbocycles. The predicted octanol–water partition coefficient (Wildman–Crippen LogP) is 4.28. The minimum atomic E-state index is -2.44. The number of anilines is 2. The van der Waals surface area contributed by atoms with E-state index in [-0.39, 0.29) is 5.95 Å². The van der Waals surface area contributed by atoms with Crippen LogP contribution in [0.1, 0.15) is 5.56 Å². The lowest BCUT2D eigenvalue weighted by Crippen LogP contribution is -2.25. The molecular formula is C25H24N8O3S. The third-order valence-electron chi connectivity index (χ3n) is 6.07. The molecule has 11 nitrogen and oxygen atoms in total. The number of ether oxygens (including phenoxy) is 2. The molecule has 0 atom stereocenters. The Labute approximate surface area is 213 Å². The number of rotatable bonds is 5. The number of hydrogen-bond donors (Lipinski definition) is 1. The molecule has 12 heteroatoms. The fourth-order valence-corrected chi connectivity index (χ4v) is 5.62. The highest BCUT2D eigenvalue weighted by Crippen LogP contribution is 2.31. The maximum Gasteiger partial charge on any atom is 0.258 e. The van der Waals surface area contributed by atoms with Crippen molar-refractivity contribution in [2.75, 3.05) is 30.0 Å². The molecule has 0 bridgehead atoms. The van der Waals surface area contributed by atoms with Gasteiger partial charge < -0.3 is 19.4 Å². The molecule has 0 amide bonds. The third-order valence-corrected chi connectivity index (χ3v) is 8.17. The van der Waals surface area contributed by atoms with Crippen LogP contribution in [0.15, 0.2) is 59.6 Å². The Bertz CT molecular complexity index is 1750. The van der Waals surface area contributed by atoms with Crippen LogP contribution in [-0.2, 0) is 21.5 Å². The van der Waals surface area contributed by atoms with Gasteiger partial charge in [-0.2, -0.15) is 4.36 Å². The molecule has 1 fully saturated rings. The Morgan fingerprint density at radius 2 is 1.92 bits per heavy atom. The lowest BCUT2D eigenvalue weighted by atomic mass is 10.2. The van der Waals surface area contributed by atoms with Gasteiger partial charge in [0.05, 0.1) is 58.0 Å². The molecule has 4 heterocycles. The van der Waals surface area contributed by atoms with E-state index in [4.69, 9.17) is 9.47 Å². The quantitative estimate of drug-likeness (QED) is 0.364. The van der Waals surface area contributed by atoms with Crippen LogP contribution in [0.3, 0.4) is 0 Å². The molecule has 1 aliphatic heterocycles. The fourth-order valence-electron chi connectivity index (χ4n) is 4.09. The van der Waals surface area contributed by atoms with Gasteiger partial charge >= 0.3 is 0 Å². The number of nitrogens with zero attached hydrogens (tertiary/aromatic N) is 7. The molecule has 188 valence electrons. The summed E-state index contributed by atoms with van der Waals surface area (Å²) in [6, 6.07) is 11.6. The van der Waals surface area contributed by atoms with Crippen LogP contribution < -0.4 is 10.1 Å². The minimum Gasteiger partial charge on any atom is -0.457 e. The Hall–Kier alpha value is -4.16. The van der Waals surface area contributed by atoms with E-state index in [9.17, 15) is 4.21 Å². The van der Waals surface area contributed by atoms with Gasteiger partial charge in [-0.1, -0.05) is 0 Å². The van der Waals surface area contributed by atoms with Crippen molar-refractivity contribution in [1.29, 1.82) is 0 Å². The van der Waals surface area contributed by atoms with Crippen LogP contribution in [-0.4, -0.2) is 58.4 Å². The van der Waals surface area contributed by atoms with Crippen molar-refractivity contribution in [2.24, 2.45) is 11.4 Å². The van der Waals surface area contributed by atoms with Gasteiger partial charge in [0.1, 0.15) is 28.9 Å². The summed E-state index contributed by atoms with van der Waals surface area (Å²) in [4.78, 5) is 21.8. The summed E-state index contributed by atoms with van der Waals surface area (Å²) < 4.78 is 30.7. The highest BCUT2D eigenvalue weighted by molar-refractivity contribution is 7.93. The number of aryl methyl sites for hydroxylation is 2. The van der Waals surface area contributed by atoms with Gasteiger partial charge in [-0.05, 0) is 42.8 Å². The SMILES string of the molecule is Cc1cc(Nc2ncnc3cnc(N=S4(=O)CCOCC4)nc23)ccc1Oc1ccc2c(c1)ncn2C. The molecule has 5 aromatic rings. The van der Waals surface area contributed by atoms with Crippen molar-refractivity contribution >= 4 is 49.2 Å². The van der Waals surface area contributed by atoms with Crippen molar-refractivity contribution < 1.29 is 13.7 Å². The summed E-state index contributed by atoms with van der Waals surface area (Å²) in [6.07, 6.45) is 4.79. The molecule has 37 heavy (non-hydrogen) atoms. The first kappa shape index (κ1) is 23.3. The highest BCUT2D eigenvalue weighted by Gasteiger charge is 2.17. The first-order chi connectivity index (χ1) is 18.0. The average molecular weight is 517 g/mol. The van der Waals surface area contributed by atoms with E-state index in [1.54, 1.807) is 12.5 Å². The molecule has 1 saturated heterocycles. The van der Waals surface area contributed by atoms with Crippen molar-refractivity contribution in [1.82, 2.24) is 29.5 Å². The Morgan fingerprint density at radius 3 is 2.76 bits per heavy atom. The van der Waals surface area contributed by atoms with Gasteiger partial charge in [-0.3, -0.25) is 0 Å². The first-order valence-electron chi connectivity index (χ1n) is 11.7. The van der Waals surface area contributed by atoms with E-state index >= 15 is 0 Å². The number of nitrogens with one attached hydrogen (secondary N) is 1. The number of benzene rings is 2.